The van der Waals surface area contributed by atoms with Gasteiger partial charge in [-0.25, -0.2) is 0 Å². The van der Waals surface area contributed by atoms with E-state index in [1.807, 2.05) is 35.2 Å². The second kappa shape index (κ2) is 9.02. The Morgan fingerprint density at radius 3 is 2.52 bits per heavy atom. The van der Waals surface area contributed by atoms with Crippen LogP contribution in [0, 0.1) is 0 Å². The van der Waals surface area contributed by atoms with E-state index in [-0.39, 0.29) is 29.9 Å². The molecule has 3 rings (SSSR count). The van der Waals surface area contributed by atoms with Crippen LogP contribution in [0.1, 0.15) is 46.0 Å². The fraction of sp³-hybridized carbons (Fsp3) is 0.650. The van der Waals surface area contributed by atoms with Crippen molar-refractivity contribution in [2.75, 3.05) is 31.1 Å². The third-order valence-electron chi connectivity index (χ3n) is 5.61. The molecule has 1 aromatic rings. The lowest BCUT2D eigenvalue weighted by atomic mass is 9.79. The highest BCUT2D eigenvalue weighted by Gasteiger charge is 2.41. The van der Waals surface area contributed by atoms with E-state index in [0.29, 0.717) is 6.54 Å². The summed E-state index contributed by atoms with van der Waals surface area (Å²) in [6, 6.07) is 10.2. The van der Waals surface area contributed by atoms with Gasteiger partial charge in [0.15, 0.2) is 0 Å². The third-order valence-corrected chi connectivity index (χ3v) is 5.61. The zero-order valence-corrected chi connectivity index (χ0v) is 16.4. The first-order valence-electron chi connectivity index (χ1n) is 9.45. The molecule has 25 heavy (non-hydrogen) atoms. The van der Waals surface area contributed by atoms with E-state index >= 15 is 0 Å². The summed E-state index contributed by atoms with van der Waals surface area (Å²) in [5, 5.41) is 3.57. The minimum Gasteiger partial charge on any atom is -0.314 e. The maximum Gasteiger partial charge on any atom is 0.241 e. The summed E-state index contributed by atoms with van der Waals surface area (Å²) in [4.78, 5) is 17.6. The highest BCUT2D eigenvalue weighted by atomic mass is 35.5. The normalized spacial score (nSPS) is 20.3. The number of carbonyl (C=O) groups excluding carboxylic acids is 1. The van der Waals surface area contributed by atoms with Gasteiger partial charge in [-0.2, -0.15) is 0 Å². The van der Waals surface area contributed by atoms with Crippen LogP contribution in [0.25, 0.3) is 0 Å². The van der Waals surface area contributed by atoms with Crippen LogP contribution in [-0.4, -0.2) is 48.6 Å². The Kier molecular flexibility index (Phi) is 7.29. The van der Waals surface area contributed by atoms with Gasteiger partial charge in [-0.1, -0.05) is 37.5 Å². The molecule has 0 radical (unpaired) electrons. The lowest BCUT2D eigenvalue weighted by Gasteiger charge is -2.50. The summed E-state index contributed by atoms with van der Waals surface area (Å²) in [7, 11) is 0. The molecule has 5 heteroatoms. The number of halogens is 1. The first kappa shape index (κ1) is 20.2. The standard InChI is InChI=1S/C20H31N3O.ClH/c1-17(2)23(18-9-5-3-6-10-18)19(24)15-22-14-13-21-16-20(22)11-7-4-8-12-20;/h3,5-6,9-10,17,21H,4,7-8,11-16H2,1-2H3;1H. The molecule has 1 amide bonds. The summed E-state index contributed by atoms with van der Waals surface area (Å²) in [6.45, 7) is 7.73. The Morgan fingerprint density at radius 1 is 1.20 bits per heavy atom. The maximum absolute atomic E-state index is 13.1. The zero-order chi connectivity index (χ0) is 17.0. The molecule has 0 aromatic heterocycles. The Labute approximate surface area is 158 Å². The SMILES string of the molecule is CC(C)N(C(=O)CN1CCNCC12CCCCC2)c1ccccc1.Cl. The predicted octanol–water partition coefficient (Wildman–Crippen LogP) is 3.46. The lowest BCUT2D eigenvalue weighted by Crippen LogP contribution is -2.64. The molecular weight excluding hydrogens is 334 g/mol. The number of piperazine rings is 1. The van der Waals surface area contributed by atoms with Gasteiger partial charge in [0.1, 0.15) is 0 Å². The number of anilines is 1. The quantitative estimate of drug-likeness (QED) is 0.887. The second-order valence-electron chi connectivity index (χ2n) is 7.58. The number of amides is 1. The number of hydrogen-bond donors (Lipinski definition) is 1. The lowest BCUT2D eigenvalue weighted by molar-refractivity contribution is -0.122. The molecule has 1 N–H and O–H groups in total. The summed E-state index contributed by atoms with van der Waals surface area (Å²) >= 11 is 0. The van der Waals surface area contributed by atoms with Crippen molar-refractivity contribution in [1.82, 2.24) is 10.2 Å². The van der Waals surface area contributed by atoms with Gasteiger partial charge >= 0.3 is 0 Å². The van der Waals surface area contributed by atoms with Crippen LogP contribution in [0.2, 0.25) is 0 Å². The van der Waals surface area contributed by atoms with E-state index in [1.54, 1.807) is 0 Å². The van der Waals surface area contributed by atoms with Gasteiger partial charge in [-0.15, -0.1) is 12.4 Å². The first-order valence-corrected chi connectivity index (χ1v) is 9.45. The van der Waals surface area contributed by atoms with E-state index in [0.717, 1.165) is 25.3 Å². The molecule has 140 valence electrons. The van der Waals surface area contributed by atoms with Gasteiger partial charge < -0.3 is 10.2 Å². The molecule has 1 heterocycles. The van der Waals surface area contributed by atoms with Crippen LogP contribution in [0.5, 0.6) is 0 Å². The Hall–Kier alpha value is -1.10. The van der Waals surface area contributed by atoms with Crippen LogP contribution in [-0.2, 0) is 4.79 Å². The molecular formula is C20H32ClN3O. The summed E-state index contributed by atoms with van der Waals surface area (Å²) < 4.78 is 0. The van der Waals surface area contributed by atoms with Gasteiger partial charge in [0.05, 0.1) is 6.54 Å². The smallest absolute Gasteiger partial charge is 0.241 e. The topological polar surface area (TPSA) is 35.6 Å². The van der Waals surface area contributed by atoms with Crippen LogP contribution in [0.3, 0.4) is 0 Å². The molecule has 0 bridgehead atoms. The number of para-hydroxylation sites is 1. The number of rotatable bonds is 4. The number of nitrogens with one attached hydrogen (secondary N) is 1. The number of benzene rings is 1. The van der Waals surface area contributed by atoms with Crippen molar-refractivity contribution >= 4 is 24.0 Å². The molecule has 1 aliphatic carbocycles. The monoisotopic (exact) mass is 365 g/mol. The van der Waals surface area contributed by atoms with Gasteiger partial charge in [-0.3, -0.25) is 9.69 Å². The van der Waals surface area contributed by atoms with Gasteiger partial charge in [0, 0.05) is 36.9 Å². The Bertz CT molecular complexity index is 535. The molecule has 1 aromatic carbocycles. The van der Waals surface area contributed by atoms with Crippen molar-refractivity contribution in [3.05, 3.63) is 30.3 Å². The summed E-state index contributed by atoms with van der Waals surface area (Å²) in [6.07, 6.45) is 6.37. The fourth-order valence-electron chi connectivity index (χ4n) is 4.39. The predicted molar refractivity (Wildman–Crippen MR) is 107 cm³/mol. The number of hydrogen-bond acceptors (Lipinski definition) is 3. The molecule has 1 saturated heterocycles. The molecule has 0 atom stereocenters. The maximum atomic E-state index is 13.1. The van der Waals surface area contributed by atoms with Crippen molar-refractivity contribution in [2.24, 2.45) is 0 Å². The van der Waals surface area contributed by atoms with E-state index in [1.165, 1.54) is 32.1 Å². The highest BCUT2D eigenvalue weighted by molar-refractivity contribution is 5.95. The van der Waals surface area contributed by atoms with Gasteiger partial charge in [-0.05, 0) is 38.8 Å². The van der Waals surface area contributed by atoms with Crippen molar-refractivity contribution in [2.45, 2.75) is 57.5 Å². The van der Waals surface area contributed by atoms with Crippen molar-refractivity contribution < 1.29 is 4.79 Å². The van der Waals surface area contributed by atoms with Crippen LogP contribution >= 0.6 is 12.4 Å². The summed E-state index contributed by atoms with van der Waals surface area (Å²) in [5.74, 6) is 0.225. The minimum absolute atomic E-state index is 0. The van der Waals surface area contributed by atoms with Crippen LogP contribution in [0.4, 0.5) is 5.69 Å². The molecule has 1 aliphatic heterocycles. The van der Waals surface area contributed by atoms with Crippen molar-refractivity contribution in [3.63, 3.8) is 0 Å². The Balaban J connectivity index is 0.00000225. The van der Waals surface area contributed by atoms with E-state index in [4.69, 9.17) is 0 Å². The molecule has 0 unspecified atom stereocenters. The molecule has 1 spiro atoms. The third kappa shape index (κ3) is 4.55. The van der Waals surface area contributed by atoms with Crippen molar-refractivity contribution in [1.29, 1.82) is 0 Å². The Morgan fingerprint density at radius 2 is 1.88 bits per heavy atom. The minimum atomic E-state index is 0. The second-order valence-corrected chi connectivity index (χ2v) is 7.58. The van der Waals surface area contributed by atoms with E-state index < -0.39 is 0 Å². The summed E-state index contributed by atoms with van der Waals surface area (Å²) in [5.41, 5.74) is 1.20. The average Bonchev–Trinajstić information content (AvgIpc) is 2.59. The zero-order valence-electron chi connectivity index (χ0n) is 15.5. The largest absolute Gasteiger partial charge is 0.314 e. The fourth-order valence-corrected chi connectivity index (χ4v) is 4.39. The number of nitrogens with zero attached hydrogens (tertiary/aromatic N) is 2. The van der Waals surface area contributed by atoms with Gasteiger partial charge in [0.2, 0.25) is 5.91 Å². The molecule has 1 saturated carbocycles. The van der Waals surface area contributed by atoms with Crippen LogP contribution in [0.15, 0.2) is 30.3 Å². The average molecular weight is 366 g/mol. The molecule has 4 nitrogen and oxygen atoms in total. The first-order chi connectivity index (χ1) is 11.6. The van der Waals surface area contributed by atoms with Crippen LogP contribution < -0.4 is 10.2 Å². The van der Waals surface area contributed by atoms with E-state index in [9.17, 15) is 4.79 Å². The highest BCUT2D eigenvalue weighted by Crippen LogP contribution is 2.34. The number of carbonyl (C=O) groups is 1. The molecule has 2 fully saturated rings. The van der Waals surface area contributed by atoms with E-state index in [2.05, 4.69) is 24.1 Å². The van der Waals surface area contributed by atoms with Crippen molar-refractivity contribution in [3.8, 4) is 0 Å². The van der Waals surface area contributed by atoms with Gasteiger partial charge in [0.25, 0.3) is 0 Å². The molecule has 2 aliphatic rings.